The number of methoxy groups -OCH3 is 1. The molecule has 0 saturated heterocycles. The first-order valence-corrected chi connectivity index (χ1v) is 26.5. The third-order valence-corrected chi connectivity index (χ3v) is 18.9. The molecule has 0 bridgehead atoms. The largest absolute Gasteiger partial charge is 0.541 e. The molecule has 2 N–H and O–H groups in total. The fourth-order valence-corrected chi connectivity index (χ4v) is 11.1. The fraction of sp³-hybridized carbons (Fsp3) is 0.196. The highest BCUT2D eigenvalue weighted by molar-refractivity contribution is 7.92. The molecular formula is C51H50F2N6O4S2Si. The van der Waals surface area contributed by atoms with Crippen molar-refractivity contribution in [3.8, 4) is 33.3 Å². The zero-order valence-electron chi connectivity index (χ0n) is 37.6. The maximum atomic E-state index is 14.9. The highest BCUT2D eigenvalue weighted by Gasteiger charge is 2.41. The number of hydrogen-bond acceptors (Lipinski definition) is 9. The van der Waals surface area contributed by atoms with Gasteiger partial charge in [-0.1, -0.05) is 135 Å². The summed E-state index contributed by atoms with van der Waals surface area (Å²) in [5, 5.41) is 3.11. The lowest BCUT2D eigenvalue weighted by atomic mass is 9.77. The Bertz CT molecular complexity index is 3010. The molecule has 8 aromatic rings. The van der Waals surface area contributed by atoms with Crippen LogP contribution in [0.5, 0.6) is 11.5 Å². The second kappa shape index (κ2) is 18.3. The van der Waals surface area contributed by atoms with Crippen molar-refractivity contribution in [3.63, 3.8) is 0 Å². The van der Waals surface area contributed by atoms with Gasteiger partial charge in [0.05, 0.1) is 35.9 Å². The maximum Gasteiger partial charge on any atom is 0.281 e. The zero-order valence-corrected chi connectivity index (χ0v) is 40.3. The predicted molar refractivity (Wildman–Crippen MR) is 261 cm³/mol. The van der Waals surface area contributed by atoms with Gasteiger partial charge in [-0.15, -0.1) is 0 Å². The molecule has 15 heteroatoms. The Labute approximate surface area is 389 Å². The number of nitrogens with zero attached hydrogens (tertiary/aromatic N) is 4. The number of benzene rings is 5. The van der Waals surface area contributed by atoms with E-state index < -0.39 is 35.5 Å². The predicted octanol–water partition coefficient (Wildman–Crippen LogP) is 12.3. The molecule has 5 aromatic carbocycles. The molecule has 3 heterocycles. The minimum atomic E-state index is -4.32. The van der Waals surface area contributed by atoms with Crippen LogP contribution in [0.15, 0.2) is 157 Å². The van der Waals surface area contributed by atoms with Crippen LogP contribution in [0.25, 0.3) is 21.8 Å². The van der Waals surface area contributed by atoms with Crippen LogP contribution in [0.3, 0.4) is 0 Å². The Kier molecular flexibility index (Phi) is 12.7. The summed E-state index contributed by atoms with van der Waals surface area (Å²) in [4.78, 5) is 14.4. The number of nitrogens with one attached hydrogen (secondary N) is 2. The summed E-state index contributed by atoms with van der Waals surface area (Å²) in [6, 6.07) is 41.1. The molecule has 66 heavy (non-hydrogen) atoms. The number of aromatic nitrogens is 4. The number of imidazole rings is 1. The monoisotopic (exact) mass is 940 g/mol. The molecule has 338 valence electrons. The van der Waals surface area contributed by atoms with E-state index in [4.69, 9.17) is 14.1 Å². The van der Waals surface area contributed by atoms with Gasteiger partial charge in [0.15, 0.2) is 33.3 Å². The van der Waals surface area contributed by atoms with Crippen molar-refractivity contribution in [1.29, 1.82) is 0 Å². The number of ether oxygens (including phenoxy) is 1. The van der Waals surface area contributed by atoms with E-state index in [1.165, 1.54) is 12.3 Å². The van der Waals surface area contributed by atoms with E-state index >= 15 is 0 Å². The second-order valence-electron chi connectivity index (χ2n) is 17.4. The van der Waals surface area contributed by atoms with Gasteiger partial charge in [-0.05, 0) is 77.6 Å². The number of thiazole rings is 1. The molecule has 0 atom stereocenters. The van der Waals surface area contributed by atoms with Gasteiger partial charge >= 0.3 is 0 Å². The minimum Gasteiger partial charge on any atom is -0.541 e. The number of sulfonamides is 1. The Hall–Kier alpha value is -6.68. The van der Waals surface area contributed by atoms with E-state index in [0.717, 1.165) is 45.7 Å². The molecule has 8 rings (SSSR count). The van der Waals surface area contributed by atoms with E-state index in [2.05, 4.69) is 90.3 Å². The Balaban J connectivity index is 1.14. The Morgan fingerprint density at radius 1 is 0.788 bits per heavy atom. The van der Waals surface area contributed by atoms with E-state index in [-0.39, 0.29) is 26.5 Å². The van der Waals surface area contributed by atoms with Crippen molar-refractivity contribution < 1.29 is 26.4 Å². The van der Waals surface area contributed by atoms with Crippen molar-refractivity contribution in [3.05, 3.63) is 192 Å². The van der Waals surface area contributed by atoms with Crippen molar-refractivity contribution in [2.45, 2.75) is 62.9 Å². The molecule has 0 aliphatic rings. The number of pyridine rings is 1. The first kappa shape index (κ1) is 45.9. The SMILES string of the molecule is COc1cccc(CNc2cnc(S(=O)(=O)Nc3nc(-c4ccc(F)c(F)c4)c(-c4cn(C(c5ccccc5)(c5ccccc5)c5ccccc5)cn4)s3)c(C)c2)c1O[Si](C)(C)C(C)(C)C. The molecule has 0 unspecified atom stereocenters. The summed E-state index contributed by atoms with van der Waals surface area (Å²) in [6.07, 6.45) is 5.05. The summed E-state index contributed by atoms with van der Waals surface area (Å²) in [5.41, 5.74) is 4.74. The lowest BCUT2D eigenvalue weighted by Gasteiger charge is -2.37. The third kappa shape index (κ3) is 8.98. The average Bonchev–Trinajstić information content (AvgIpc) is 3.96. The van der Waals surface area contributed by atoms with Crippen molar-refractivity contribution in [2.24, 2.45) is 0 Å². The van der Waals surface area contributed by atoms with Crippen LogP contribution in [0.2, 0.25) is 18.1 Å². The molecule has 3 aromatic heterocycles. The highest BCUT2D eigenvalue weighted by Crippen LogP contribution is 2.45. The summed E-state index contributed by atoms with van der Waals surface area (Å²) in [6.45, 7) is 12.9. The van der Waals surface area contributed by atoms with Crippen molar-refractivity contribution >= 4 is 40.5 Å². The van der Waals surface area contributed by atoms with Crippen LogP contribution in [0.1, 0.15) is 48.6 Å². The molecule has 0 radical (unpaired) electrons. The van der Waals surface area contributed by atoms with E-state index in [0.29, 0.717) is 39.9 Å². The van der Waals surface area contributed by atoms with Gasteiger partial charge in [0.25, 0.3) is 18.3 Å². The molecule has 0 fully saturated rings. The lowest BCUT2D eigenvalue weighted by Crippen LogP contribution is -2.44. The number of para-hydroxylation sites is 1. The highest BCUT2D eigenvalue weighted by atomic mass is 32.2. The fourth-order valence-electron chi connectivity index (χ4n) is 7.67. The summed E-state index contributed by atoms with van der Waals surface area (Å²) < 4.78 is 74.5. The normalized spacial score (nSPS) is 12.2. The van der Waals surface area contributed by atoms with E-state index in [9.17, 15) is 17.2 Å². The van der Waals surface area contributed by atoms with Crippen LogP contribution >= 0.6 is 11.3 Å². The molecule has 0 aliphatic carbocycles. The Morgan fingerprint density at radius 2 is 1.41 bits per heavy atom. The molecule has 0 spiro atoms. The maximum absolute atomic E-state index is 14.9. The quantitative estimate of drug-likeness (QED) is 0.0770. The van der Waals surface area contributed by atoms with Gasteiger partial charge in [-0.3, -0.25) is 4.72 Å². The number of rotatable bonds is 15. The Morgan fingerprint density at radius 3 is 1.97 bits per heavy atom. The number of hydrogen-bond donors (Lipinski definition) is 2. The number of aryl methyl sites for hydroxylation is 1. The summed E-state index contributed by atoms with van der Waals surface area (Å²) >= 11 is 1.02. The zero-order chi connectivity index (χ0) is 46.9. The molecule has 10 nitrogen and oxygen atoms in total. The van der Waals surface area contributed by atoms with Crippen molar-refractivity contribution in [1.82, 2.24) is 19.5 Å². The van der Waals surface area contributed by atoms with Crippen LogP contribution in [0.4, 0.5) is 19.6 Å². The molecule has 0 amide bonds. The van der Waals surface area contributed by atoms with Gasteiger partial charge in [0, 0.05) is 23.9 Å². The molecule has 0 aliphatic heterocycles. The lowest BCUT2D eigenvalue weighted by molar-refractivity contribution is 0.384. The molecule has 0 saturated carbocycles. The van der Waals surface area contributed by atoms with Gasteiger partial charge in [0.2, 0.25) is 0 Å². The second-order valence-corrected chi connectivity index (χ2v) is 24.7. The van der Waals surface area contributed by atoms with Crippen LogP contribution < -0.4 is 19.2 Å². The minimum absolute atomic E-state index is 0.0181. The molecular weight excluding hydrogens is 891 g/mol. The van der Waals surface area contributed by atoms with Gasteiger partial charge in [0.1, 0.15) is 11.2 Å². The average molecular weight is 941 g/mol. The van der Waals surface area contributed by atoms with E-state index in [1.54, 1.807) is 26.4 Å². The first-order valence-electron chi connectivity index (χ1n) is 21.3. The van der Waals surface area contributed by atoms with Crippen LogP contribution in [0, 0.1) is 18.6 Å². The third-order valence-electron chi connectivity index (χ3n) is 12.0. The standard InChI is InChI=1S/C51H50F2N6O4S2Si/c1-34-28-40(54-30-36-18-17-25-44(62-5)46(36)63-66(6,7)50(2,3)4)31-55-48(34)65(60,61)58-49-57-45(35-26-27-41(52)42(53)29-35)47(64-49)43-32-59(33-56-43)51(37-19-11-8-12-20-37,38-21-13-9-14-22-38)39-23-15-10-16-24-39/h8-29,31-33,54H,30H2,1-7H3,(H,57,58). The van der Waals surface area contributed by atoms with Crippen LogP contribution in [-0.2, 0) is 22.1 Å². The number of anilines is 2. The van der Waals surface area contributed by atoms with E-state index in [1.807, 2.05) is 83.6 Å². The van der Waals surface area contributed by atoms with Crippen LogP contribution in [-0.4, -0.2) is 43.4 Å². The topological polar surface area (TPSA) is 120 Å². The summed E-state index contributed by atoms with van der Waals surface area (Å²) in [5.74, 6) is -0.795. The van der Waals surface area contributed by atoms with Gasteiger partial charge in [-0.25, -0.2) is 23.7 Å². The number of halogens is 2. The van der Waals surface area contributed by atoms with Gasteiger partial charge in [-0.2, -0.15) is 8.42 Å². The smallest absolute Gasteiger partial charge is 0.281 e. The first-order chi connectivity index (χ1) is 31.5. The van der Waals surface area contributed by atoms with Gasteiger partial charge < -0.3 is 19.0 Å². The summed E-state index contributed by atoms with van der Waals surface area (Å²) in [7, 11) is -4.93. The van der Waals surface area contributed by atoms with Crippen molar-refractivity contribution in [2.75, 3.05) is 17.1 Å².